The molecule has 0 atom stereocenters. The van der Waals surface area contributed by atoms with Gasteiger partial charge in [0, 0.05) is 29.2 Å². The maximum atomic E-state index is 12.2. The van der Waals surface area contributed by atoms with Gasteiger partial charge in [-0.15, -0.1) is 0 Å². The number of amides is 2. The molecule has 6 heteroatoms. The summed E-state index contributed by atoms with van der Waals surface area (Å²) in [7, 11) is 0. The monoisotopic (exact) mass is 481 g/mol. The van der Waals surface area contributed by atoms with Crippen LogP contribution >= 0.6 is 15.9 Å². The van der Waals surface area contributed by atoms with Crippen molar-refractivity contribution >= 4 is 38.6 Å². The van der Waals surface area contributed by atoms with Crippen LogP contribution in [0.25, 0.3) is 22.2 Å². The van der Waals surface area contributed by atoms with E-state index >= 15 is 0 Å². The van der Waals surface area contributed by atoms with E-state index in [4.69, 9.17) is 4.74 Å². The number of hydrogen-bond acceptors (Lipinski definition) is 2. The molecule has 2 amide bonds. The molecule has 3 aromatic rings. The van der Waals surface area contributed by atoms with Crippen molar-refractivity contribution in [1.82, 2.24) is 9.88 Å². The van der Waals surface area contributed by atoms with Gasteiger partial charge >= 0.3 is 6.03 Å². The number of nitrogens with one attached hydrogen (secondary N) is 2. The molecular weight excluding hydrogens is 454 g/mol. The van der Waals surface area contributed by atoms with E-state index in [1.54, 1.807) is 0 Å². The lowest BCUT2D eigenvalue weighted by Gasteiger charge is -2.30. The van der Waals surface area contributed by atoms with Crippen LogP contribution in [0.1, 0.15) is 51.5 Å². The Morgan fingerprint density at radius 1 is 1.10 bits per heavy atom. The molecule has 31 heavy (non-hydrogen) atoms. The molecule has 162 valence electrons. The average molecular weight is 482 g/mol. The number of nitrogens with zero attached hydrogens (tertiary/aromatic N) is 1. The van der Waals surface area contributed by atoms with Gasteiger partial charge in [-0.3, -0.25) is 0 Å². The maximum Gasteiger partial charge on any atom is 0.319 e. The number of carbonyl (C=O) groups excluding carboxylic acids is 1. The Hall–Kier alpha value is -2.47. The molecule has 5 rings (SSSR count). The number of rotatable bonds is 6. The highest BCUT2D eigenvalue weighted by molar-refractivity contribution is 9.10. The van der Waals surface area contributed by atoms with Crippen molar-refractivity contribution in [2.24, 2.45) is 0 Å². The maximum absolute atomic E-state index is 12.2. The molecule has 2 fully saturated rings. The van der Waals surface area contributed by atoms with Gasteiger partial charge in [-0.1, -0.05) is 12.1 Å². The van der Waals surface area contributed by atoms with Crippen LogP contribution in [-0.2, 0) is 0 Å². The van der Waals surface area contributed by atoms with Crippen LogP contribution < -0.4 is 15.4 Å². The van der Waals surface area contributed by atoms with Crippen LogP contribution in [-0.4, -0.2) is 23.2 Å². The third-order valence-corrected chi connectivity index (χ3v) is 7.32. The quantitative estimate of drug-likeness (QED) is 0.403. The largest absolute Gasteiger partial charge is 0.494 e. The molecule has 2 saturated carbocycles. The zero-order valence-corrected chi connectivity index (χ0v) is 19.4. The summed E-state index contributed by atoms with van der Waals surface area (Å²) in [6.45, 7) is 2.67. The van der Waals surface area contributed by atoms with Crippen LogP contribution in [0.3, 0.4) is 0 Å². The van der Waals surface area contributed by atoms with E-state index < -0.39 is 0 Å². The molecule has 0 bridgehead atoms. The summed E-state index contributed by atoms with van der Waals surface area (Å²) in [5, 5.41) is 7.18. The van der Waals surface area contributed by atoms with Crippen molar-refractivity contribution in [3.8, 4) is 17.0 Å². The smallest absolute Gasteiger partial charge is 0.319 e. The zero-order chi connectivity index (χ0) is 21.4. The highest BCUT2D eigenvalue weighted by Gasteiger charge is 2.27. The number of halogens is 1. The lowest BCUT2D eigenvalue weighted by molar-refractivity contribution is 0.240. The fourth-order valence-electron chi connectivity index (χ4n) is 4.41. The van der Waals surface area contributed by atoms with Crippen molar-refractivity contribution in [2.75, 3.05) is 11.9 Å². The van der Waals surface area contributed by atoms with Crippen molar-refractivity contribution in [3.63, 3.8) is 0 Å². The van der Waals surface area contributed by atoms with Gasteiger partial charge in [0.15, 0.2) is 0 Å². The Morgan fingerprint density at radius 2 is 1.84 bits per heavy atom. The minimum absolute atomic E-state index is 0.120. The molecule has 2 aromatic carbocycles. The summed E-state index contributed by atoms with van der Waals surface area (Å²) < 4.78 is 9.35. The minimum atomic E-state index is -0.120. The van der Waals surface area contributed by atoms with Crippen molar-refractivity contribution in [2.45, 2.75) is 57.5 Å². The predicted molar refractivity (Wildman–Crippen MR) is 129 cm³/mol. The van der Waals surface area contributed by atoms with E-state index in [9.17, 15) is 4.79 Å². The van der Waals surface area contributed by atoms with Gasteiger partial charge in [0.1, 0.15) is 5.75 Å². The molecule has 0 saturated heterocycles. The summed E-state index contributed by atoms with van der Waals surface area (Å²) in [4.78, 5) is 12.2. The molecule has 2 aliphatic carbocycles. The number of aromatic nitrogens is 1. The SMILES string of the molecule is CCOc1ccc2c(Br)c(-c3ccc(NC(=O)NC4CCC4)cc3)n(C3CCC3)c2c1. The zero-order valence-electron chi connectivity index (χ0n) is 17.8. The van der Waals surface area contributed by atoms with Crippen LogP contribution in [0.2, 0.25) is 0 Å². The molecule has 2 aliphatic rings. The van der Waals surface area contributed by atoms with Crippen molar-refractivity contribution in [1.29, 1.82) is 0 Å². The first-order chi connectivity index (χ1) is 15.1. The summed E-state index contributed by atoms with van der Waals surface area (Å²) >= 11 is 3.88. The summed E-state index contributed by atoms with van der Waals surface area (Å²) in [6, 6.07) is 15.2. The first-order valence-corrected chi connectivity index (χ1v) is 12.1. The predicted octanol–water partition coefficient (Wildman–Crippen LogP) is 6.87. The molecule has 5 nitrogen and oxygen atoms in total. The molecule has 0 radical (unpaired) electrons. The van der Waals surface area contributed by atoms with Crippen LogP contribution in [0, 0.1) is 0 Å². The fourth-order valence-corrected chi connectivity index (χ4v) is 5.17. The molecule has 1 heterocycles. The number of hydrogen-bond donors (Lipinski definition) is 2. The Bertz CT molecular complexity index is 1100. The van der Waals surface area contributed by atoms with Gasteiger partial charge in [-0.25, -0.2) is 4.79 Å². The normalized spacial score (nSPS) is 16.6. The fraction of sp³-hybridized carbons (Fsp3) is 0.400. The van der Waals surface area contributed by atoms with Gasteiger partial charge in [-0.05, 0) is 91.2 Å². The second kappa shape index (κ2) is 8.58. The van der Waals surface area contributed by atoms with Gasteiger partial charge in [0.2, 0.25) is 0 Å². The average Bonchev–Trinajstić information content (AvgIpc) is 2.97. The second-order valence-electron chi connectivity index (χ2n) is 8.53. The third-order valence-electron chi connectivity index (χ3n) is 6.52. The lowest BCUT2D eigenvalue weighted by atomic mass is 9.92. The van der Waals surface area contributed by atoms with Crippen molar-refractivity contribution in [3.05, 3.63) is 46.9 Å². The van der Waals surface area contributed by atoms with Crippen LogP contribution in [0.5, 0.6) is 5.75 Å². The van der Waals surface area contributed by atoms with Gasteiger partial charge < -0.3 is 19.9 Å². The standard InChI is InChI=1S/C25H28BrN3O2/c1-2-31-20-13-14-21-22(15-20)29(19-7-4-8-19)24(23(21)26)16-9-11-18(12-10-16)28-25(30)27-17-5-3-6-17/h9-15,17,19H,2-8H2,1H3,(H2,27,28,30). The van der Waals surface area contributed by atoms with E-state index in [-0.39, 0.29) is 6.03 Å². The Labute approximate surface area is 191 Å². The number of benzene rings is 2. The molecule has 1 aromatic heterocycles. The summed E-state index contributed by atoms with van der Waals surface area (Å²) in [6.07, 6.45) is 7.03. The molecule has 0 unspecified atom stereocenters. The highest BCUT2D eigenvalue weighted by atomic mass is 79.9. The third kappa shape index (κ3) is 3.93. The minimum Gasteiger partial charge on any atom is -0.494 e. The van der Waals surface area contributed by atoms with Gasteiger partial charge in [0.25, 0.3) is 0 Å². The van der Waals surface area contributed by atoms with Gasteiger partial charge in [-0.2, -0.15) is 0 Å². The number of anilines is 1. The van der Waals surface area contributed by atoms with E-state index in [2.05, 4.69) is 55.4 Å². The van der Waals surface area contributed by atoms with Crippen LogP contribution in [0.4, 0.5) is 10.5 Å². The van der Waals surface area contributed by atoms with E-state index in [1.807, 2.05) is 25.1 Å². The molecule has 0 spiro atoms. The molecular formula is C25H28BrN3O2. The first-order valence-electron chi connectivity index (χ1n) is 11.3. The Kier molecular flexibility index (Phi) is 5.65. The Morgan fingerprint density at radius 3 is 2.45 bits per heavy atom. The topological polar surface area (TPSA) is 55.3 Å². The van der Waals surface area contributed by atoms with E-state index in [1.165, 1.54) is 42.3 Å². The van der Waals surface area contributed by atoms with Crippen LogP contribution in [0.15, 0.2) is 46.9 Å². The number of urea groups is 1. The van der Waals surface area contributed by atoms with Gasteiger partial charge in [0.05, 0.1) is 22.3 Å². The molecule has 0 aliphatic heterocycles. The number of fused-ring (bicyclic) bond motifs is 1. The number of carbonyl (C=O) groups is 1. The van der Waals surface area contributed by atoms with E-state index in [0.717, 1.165) is 34.3 Å². The number of ether oxygens (including phenoxy) is 1. The van der Waals surface area contributed by atoms with E-state index in [0.29, 0.717) is 18.7 Å². The van der Waals surface area contributed by atoms with Crippen molar-refractivity contribution < 1.29 is 9.53 Å². The highest BCUT2D eigenvalue weighted by Crippen LogP contribution is 2.45. The lowest BCUT2D eigenvalue weighted by Crippen LogP contribution is -2.41. The Balaban J connectivity index is 1.47. The molecule has 2 N–H and O–H groups in total. The summed E-state index contributed by atoms with van der Waals surface area (Å²) in [5.74, 6) is 0.907. The first kappa shape index (κ1) is 20.4. The second-order valence-corrected chi connectivity index (χ2v) is 9.33. The summed E-state index contributed by atoms with van der Waals surface area (Å²) in [5.41, 5.74) is 4.35.